The summed E-state index contributed by atoms with van der Waals surface area (Å²) >= 11 is 0. The molecule has 0 radical (unpaired) electrons. The van der Waals surface area contributed by atoms with Gasteiger partial charge in [-0.15, -0.1) is 0 Å². The number of allylic oxidation sites excluding steroid dienone is 1. The van der Waals surface area contributed by atoms with E-state index in [0.717, 1.165) is 24.0 Å². The number of carbonyl (C=O) groups is 1. The zero-order valence-electron chi connectivity index (χ0n) is 11.9. The number of nitrogens with zero attached hydrogens (tertiary/aromatic N) is 1. The predicted octanol–water partition coefficient (Wildman–Crippen LogP) is 3.36. The molecule has 0 aliphatic heterocycles. The smallest absolute Gasteiger partial charge is 0.167 e. The van der Waals surface area contributed by atoms with E-state index in [1.807, 2.05) is 31.2 Å². The van der Waals surface area contributed by atoms with Crippen molar-refractivity contribution in [3.8, 4) is 11.3 Å². The number of aliphatic hydroxyl groups is 1. The van der Waals surface area contributed by atoms with E-state index in [-0.39, 0.29) is 5.78 Å². The number of rotatable bonds is 3. The fourth-order valence-corrected chi connectivity index (χ4v) is 2.47. The van der Waals surface area contributed by atoms with Crippen molar-refractivity contribution in [2.45, 2.75) is 32.3 Å². The van der Waals surface area contributed by atoms with Gasteiger partial charge in [0, 0.05) is 23.6 Å². The van der Waals surface area contributed by atoms with Gasteiger partial charge >= 0.3 is 0 Å². The quantitative estimate of drug-likeness (QED) is 0.938. The first kappa shape index (κ1) is 13.8. The van der Waals surface area contributed by atoms with Crippen LogP contribution in [0.2, 0.25) is 0 Å². The van der Waals surface area contributed by atoms with Gasteiger partial charge in [0.1, 0.15) is 11.8 Å². The Bertz CT molecular complexity index is 682. The normalized spacial score (nSPS) is 16.7. The minimum Gasteiger partial charge on any atom is -0.382 e. The van der Waals surface area contributed by atoms with E-state index in [0.29, 0.717) is 23.4 Å². The summed E-state index contributed by atoms with van der Waals surface area (Å²) in [6.45, 7) is 2.01. The summed E-state index contributed by atoms with van der Waals surface area (Å²) in [5, 5.41) is 14.2. The van der Waals surface area contributed by atoms with Gasteiger partial charge in [-0.1, -0.05) is 41.1 Å². The highest BCUT2D eigenvalue weighted by molar-refractivity contribution is 5.97. The van der Waals surface area contributed by atoms with Gasteiger partial charge in [-0.25, -0.2) is 0 Å². The lowest BCUT2D eigenvalue weighted by Crippen LogP contribution is -2.14. The maximum absolute atomic E-state index is 11.8. The zero-order chi connectivity index (χ0) is 14.8. The van der Waals surface area contributed by atoms with E-state index in [9.17, 15) is 9.90 Å². The number of aliphatic hydroxyl groups excluding tert-OH is 1. The molecule has 21 heavy (non-hydrogen) atoms. The van der Waals surface area contributed by atoms with Gasteiger partial charge in [-0.2, -0.15) is 0 Å². The van der Waals surface area contributed by atoms with Gasteiger partial charge in [0.15, 0.2) is 11.5 Å². The van der Waals surface area contributed by atoms with E-state index in [4.69, 9.17) is 4.52 Å². The molecule has 1 heterocycles. The van der Waals surface area contributed by atoms with E-state index < -0.39 is 6.10 Å². The number of aromatic nitrogens is 1. The lowest BCUT2D eigenvalue weighted by atomic mass is 9.92. The van der Waals surface area contributed by atoms with E-state index in [1.54, 1.807) is 12.1 Å². The highest BCUT2D eigenvalue weighted by Crippen LogP contribution is 2.29. The van der Waals surface area contributed by atoms with Crippen LogP contribution in [0.15, 0.2) is 46.5 Å². The molecule has 4 nitrogen and oxygen atoms in total. The molecule has 0 spiro atoms. The van der Waals surface area contributed by atoms with Crippen molar-refractivity contribution in [2.24, 2.45) is 0 Å². The molecule has 0 amide bonds. The number of aryl methyl sites for hydroxylation is 1. The molecule has 0 saturated carbocycles. The maximum atomic E-state index is 11.8. The van der Waals surface area contributed by atoms with Crippen molar-refractivity contribution in [3.63, 3.8) is 0 Å². The van der Waals surface area contributed by atoms with Crippen molar-refractivity contribution >= 4 is 5.78 Å². The minimum atomic E-state index is -0.999. The number of hydrogen-bond acceptors (Lipinski definition) is 4. The summed E-state index contributed by atoms with van der Waals surface area (Å²) in [7, 11) is 0. The summed E-state index contributed by atoms with van der Waals surface area (Å²) in [6.07, 6.45) is 2.96. The van der Waals surface area contributed by atoms with Crippen molar-refractivity contribution in [1.29, 1.82) is 0 Å². The number of carbonyl (C=O) groups excluding carboxylic acids is 1. The Balaban J connectivity index is 1.86. The van der Waals surface area contributed by atoms with Gasteiger partial charge in [-0.3, -0.25) is 4.79 Å². The molecule has 4 heteroatoms. The van der Waals surface area contributed by atoms with Crippen molar-refractivity contribution in [2.75, 3.05) is 0 Å². The number of Topliss-reactive ketones (excluding diaryl/α,β-unsaturated/α-hetero) is 1. The third-order valence-corrected chi connectivity index (χ3v) is 3.73. The molecule has 0 bridgehead atoms. The monoisotopic (exact) mass is 283 g/mol. The zero-order valence-corrected chi connectivity index (χ0v) is 11.9. The molecule has 2 aromatic rings. The standard InChI is InChI=1S/C17H17NO3/c1-11-6-8-12(9-7-11)16-10-14(18-21-16)17(20)13-4-2-3-5-15(13)19/h4,6-10,17,20H,2-3,5H2,1H3. The summed E-state index contributed by atoms with van der Waals surface area (Å²) < 4.78 is 5.29. The molecule has 3 rings (SSSR count). The third-order valence-electron chi connectivity index (χ3n) is 3.73. The van der Waals surface area contributed by atoms with Crippen LogP contribution >= 0.6 is 0 Å². The lowest BCUT2D eigenvalue weighted by molar-refractivity contribution is -0.117. The molecule has 1 aliphatic carbocycles. The van der Waals surface area contributed by atoms with Gasteiger partial charge in [-0.05, 0) is 19.8 Å². The first-order valence-electron chi connectivity index (χ1n) is 7.10. The molecular formula is C17H17NO3. The van der Waals surface area contributed by atoms with Crippen molar-refractivity contribution in [3.05, 3.63) is 53.2 Å². The van der Waals surface area contributed by atoms with Crippen LogP contribution in [0, 0.1) is 6.92 Å². The van der Waals surface area contributed by atoms with Gasteiger partial charge in [0.2, 0.25) is 0 Å². The fourth-order valence-electron chi connectivity index (χ4n) is 2.47. The van der Waals surface area contributed by atoms with Gasteiger partial charge < -0.3 is 9.63 Å². The van der Waals surface area contributed by atoms with E-state index in [1.165, 1.54) is 0 Å². The minimum absolute atomic E-state index is 0.00589. The molecule has 1 aromatic heterocycles. The summed E-state index contributed by atoms with van der Waals surface area (Å²) in [5.41, 5.74) is 2.88. The van der Waals surface area contributed by atoms with Gasteiger partial charge in [0.25, 0.3) is 0 Å². The second-order valence-electron chi connectivity index (χ2n) is 5.36. The molecule has 0 saturated heterocycles. The average molecular weight is 283 g/mol. The van der Waals surface area contributed by atoms with Crippen LogP contribution in [0.4, 0.5) is 0 Å². The third kappa shape index (κ3) is 2.81. The molecule has 1 aliphatic rings. The number of hydrogen-bond donors (Lipinski definition) is 1. The summed E-state index contributed by atoms with van der Waals surface area (Å²) in [6, 6.07) is 9.55. The van der Waals surface area contributed by atoms with Crippen LogP contribution in [0.5, 0.6) is 0 Å². The Morgan fingerprint density at radius 1 is 1.29 bits per heavy atom. The highest BCUT2D eigenvalue weighted by atomic mass is 16.5. The highest BCUT2D eigenvalue weighted by Gasteiger charge is 2.25. The van der Waals surface area contributed by atoms with Crippen LogP contribution in [0.25, 0.3) is 11.3 Å². The molecule has 1 N–H and O–H groups in total. The lowest BCUT2D eigenvalue weighted by Gasteiger charge is -2.15. The summed E-state index contributed by atoms with van der Waals surface area (Å²) in [4.78, 5) is 11.8. The Labute approximate surface area is 123 Å². The van der Waals surface area contributed by atoms with Crippen molar-refractivity contribution < 1.29 is 14.4 Å². The topological polar surface area (TPSA) is 63.3 Å². The number of benzene rings is 1. The Morgan fingerprint density at radius 2 is 2.05 bits per heavy atom. The Hall–Kier alpha value is -2.20. The largest absolute Gasteiger partial charge is 0.382 e. The van der Waals surface area contributed by atoms with Crippen LogP contribution in [0.1, 0.15) is 36.6 Å². The second kappa shape index (κ2) is 5.66. The predicted molar refractivity (Wildman–Crippen MR) is 78.6 cm³/mol. The van der Waals surface area contributed by atoms with Crippen LogP contribution < -0.4 is 0 Å². The molecule has 108 valence electrons. The Kier molecular flexibility index (Phi) is 3.71. The van der Waals surface area contributed by atoms with Crippen LogP contribution in [0.3, 0.4) is 0 Å². The maximum Gasteiger partial charge on any atom is 0.167 e. The number of ketones is 1. The van der Waals surface area contributed by atoms with Crippen LogP contribution in [-0.4, -0.2) is 16.0 Å². The van der Waals surface area contributed by atoms with Gasteiger partial charge in [0.05, 0.1) is 0 Å². The van der Waals surface area contributed by atoms with Crippen molar-refractivity contribution in [1.82, 2.24) is 5.16 Å². The second-order valence-corrected chi connectivity index (χ2v) is 5.36. The van der Waals surface area contributed by atoms with E-state index >= 15 is 0 Å². The molecule has 1 atom stereocenters. The average Bonchev–Trinajstić information content (AvgIpc) is 2.98. The summed E-state index contributed by atoms with van der Waals surface area (Å²) in [5.74, 6) is 0.585. The molecular weight excluding hydrogens is 266 g/mol. The first-order valence-corrected chi connectivity index (χ1v) is 7.10. The van der Waals surface area contributed by atoms with Crippen LogP contribution in [-0.2, 0) is 4.79 Å². The SMILES string of the molecule is Cc1ccc(-c2cc(C(O)C3=CCCCC3=O)no2)cc1. The molecule has 1 unspecified atom stereocenters. The fraction of sp³-hybridized carbons (Fsp3) is 0.294. The first-order chi connectivity index (χ1) is 10.1. The Morgan fingerprint density at radius 3 is 2.76 bits per heavy atom. The van der Waals surface area contributed by atoms with E-state index in [2.05, 4.69) is 5.16 Å². The molecule has 0 fully saturated rings. The molecule has 1 aromatic carbocycles.